The van der Waals surface area contributed by atoms with E-state index in [0.717, 1.165) is 11.1 Å². The Hall–Kier alpha value is -3.93. The van der Waals surface area contributed by atoms with E-state index in [1.54, 1.807) is 0 Å². The lowest BCUT2D eigenvalue weighted by Crippen LogP contribution is -2.51. The third kappa shape index (κ3) is 4.37. The zero-order chi connectivity index (χ0) is 23.3. The Balaban J connectivity index is 2.08. The van der Waals surface area contributed by atoms with E-state index in [1.807, 2.05) is 84.9 Å². The molecule has 0 saturated carbocycles. The van der Waals surface area contributed by atoms with Crippen LogP contribution in [-0.4, -0.2) is 30.8 Å². The zero-order valence-electron chi connectivity index (χ0n) is 18.5. The van der Waals surface area contributed by atoms with Gasteiger partial charge in [0.25, 0.3) is 0 Å². The Bertz CT molecular complexity index is 1150. The SMILES string of the molecule is CC(=O)Nc1ccccc1[C@]1(c2ccccc2)C(=O)NCCC(=O)NC[C@@H]1c1ccccc1. The Morgan fingerprint density at radius 2 is 1.52 bits per heavy atom. The minimum atomic E-state index is -1.21. The molecule has 0 unspecified atom stereocenters. The number of carbonyl (C=O) groups excluding carboxylic acids is 3. The van der Waals surface area contributed by atoms with Crippen molar-refractivity contribution in [2.45, 2.75) is 24.7 Å². The van der Waals surface area contributed by atoms with E-state index in [9.17, 15) is 14.4 Å². The molecule has 4 rings (SSSR count). The summed E-state index contributed by atoms with van der Waals surface area (Å²) in [6, 6.07) is 26.7. The summed E-state index contributed by atoms with van der Waals surface area (Å²) in [6.45, 7) is 1.94. The molecule has 3 aromatic rings. The maximum atomic E-state index is 14.2. The topological polar surface area (TPSA) is 87.3 Å². The summed E-state index contributed by atoms with van der Waals surface area (Å²) >= 11 is 0. The molecule has 0 spiro atoms. The number of hydrogen-bond donors (Lipinski definition) is 3. The Labute approximate surface area is 193 Å². The van der Waals surface area contributed by atoms with Gasteiger partial charge in [-0.1, -0.05) is 78.9 Å². The number of carbonyl (C=O) groups is 3. The molecule has 6 nitrogen and oxygen atoms in total. The van der Waals surface area contributed by atoms with E-state index in [0.29, 0.717) is 11.3 Å². The van der Waals surface area contributed by atoms with Gasteiger partial charge in [-0.05, 0) is 22.8 Å². The number of nitrogens with one attached hydrogen (secondary N) is 3. The second-order valence-corrected chi connectivity index (χ2v) is 8.17. The molecule has 3 N–H and O–H groups in total. The molecular weight excluding hydrogens is 414 g/mol. The molecule has 6 heteroatoms. The highest BCUT2D eigenvalue weighted by Gasteiger charge is 2.50. The standard InChI is InChI=1S/C27H27N3O3/c1-19(31)30-24-15-9-8-14-22(24)27(21-12-6-3-7-13-21)23(20-10-4-2-5-11-20)18-29-25(32)16-17-28-26(27)33/h2-15,23H,16-18H2,1H3,(H,28,33)(H,29,32)(H,30,31)/t23-,27+/m1/s1. The van der Waals surface area contributed by atoms with Crippen LogP contribution in [0.2, 0.25) is 0 Å². The number of anilines is 1. The molecule has 3 amide bonds. The van der Waals surface area contributed by atoms with Crippen molar-refractivity contribution in [2.24, 2.45) is 0 Å². The average Bonchev–Trinajstić information content (AvgIpc) is 2.88. The molecule has 0 aromatic heterocycles. The number of para-hydroxylation sites is 1. The summed E-state index contributed by atoms with van der Waals surface area (Å²) in [5.41, 5.74) is 1.73. The quantitative estimate of drug-likeness (QED) is 0.580. The van der Waals surface area contributed by atoms with Gasteiger partial charge in [-0.3, -0.25) is 14.4 Å². The molecular formula is C27H27N3O3. The van der Waals surface area contributed by atoms with Gasteiger partial charge in [-0.2, -0.15) is 0 Å². The predicted molar refractivity (Wildman–Crippen MR) is 128 cm³/mol. The van der Waals surface area contributed by atoms with Crippen molar-refractivity contribution < 1.29 is 14.4 Å². The highest BCUT2D eigenvalue weighted by Crippen LogP contribution is 2.47. The molecule has 0 radical (unpaired) electrons. The van der Waals surface area contributed by atoms with Crippen LogP contribution in [0.1, 0.15) is 36.0 Å². The van der Waals surface area contributed by atoms with Crippen LogP contribution in [0.15, 0.2) is 84.9 Å². The molecule has 3 aromatic carbocycles. The maximum Gasteiger partial charge on any atom is 0.235 e. The fourth-order valence-corrected chi connectivity index (χ4v) is 4.72. The summed E-state index contributed by atoms with van der Waals surface area (Å²) in [4.78, 5) is 38.7. The zero-order valence-corrected chi connectivity index (χ0v) is 18.5. The minimum absolute atomic E-state index is 0.116. The fourth-order valence-electron chi connectivity index (χ4n) is 4.72. The summed E-state index contributed by atoms with van der Waals surface area (Å²) < 4.78 is 0. The van der Waals surface area contributed by atoms with Gasteiger partial charge in [0.15, 0.2) is 0 Å². The van der Waals surface area contributed by atoms with Crippen molar-refractivity contribution in [3.8, 4) is 0 Å². The molecule has 1 aliphatic heterocycles. The molecule has 1 aliphatic rings. The number of amides is 3. The van der Waals surface area contributed by atoms with Gasteiger partial charge in [-0.25, -0.2) is 0 Å². The summed E-state index contributed by atoms with van der Waals surface area (Å²) in [5, 5.41) is 8.95. The van der Waals surface area contributed by atoms with Crippen LogP contribution < -0.4 is 16.0 Å². The lowest BCUT2D eigenvalue weighted by molar-refractivity contribution is -0.126. The number of rotatable bonds is 4. The predicted octanol–water partition coefficient (Wildman–Crippen LogP) is 3.35. The monoisotopic (exact) mass is 441 g/mol. The van der Waals surface area contributed by atoms with E-state index < -0.39 is 11.3 Å². The highest BCUT2D eigenvalue weighted by molar-refractivity contribution is 5.98. The van der Waals surface area contributed by atoms with Crippen molar-refractivity contribution in [3.05, 3.63) is 102 Å². The van der Waals surface area contributed by atoms with Crippen molar-refractivity contribution in [2.75, 3.05) is 18.4 Å². The van der Waals surface area contributed by atoms with Crippen LogP contribution in [0.4, 0.5) is 5.69 Å². The maximum absolute atomic E-state index is 14.2. The fraction of sp³-hybridized carbons (Fsp3) is 0.222. The highest BCUT2D eigenvalue weighted by atomic mass is 16.2. The Morgan fingerprint density at radius 3 is 2.21 bits per heavy atom. The van der Waals surface area contributed by atoms with E-state index >= 15 is 0 Å². The first-order valence-corrected chi connectivity index (χ1v) is 11.1. The summed E-state index contributed by atoms with van der Waals surface area (Å²) in [6.07, 6.45) is 0.200. The van der Waals surface area contributed by atoms with E-state index in [2.05, 4.69) is 16.0 Å². The number of hydrogen-bond acceptors (Lipinski definition) is 3. The molecule has 2 atom stereocenters. The molecule has 0 aliphatic carbocycles. The average molecular weight is 442 g/mol. The molecule has 168 valence electrons. The lowest BCUT2D eigenvalue weighted by Gasteiger charge is -2.41. The van der Waals surface area contributed by atoms with Crippen LogP contribution in [0.25, 0.3) is 0 Å². The van der Waals surface area contributed by atoms with Crippen molar-refractivity contribution in [1.29, 1.82) is 0 Å². The van der Waals surface area contributed by atoms with E-state index in [-0.39, 0.29) is 37.2 Å². The summed E-state index contributed by atoms with van der Waals surface area (Å²) in [7, 11) is 0. The van der Waals surface area contributed by atoms with Gasteiger partial charge in [0.2, 0.25) is 17.7 Å². The third-order valence-electron chi connectivity index (χ3n) is 6.12. The van der Waals surface area contributed by atoms with Gasteiger partial charge in [0.1, 0.15) is 5.41 Å². The second-order valence-electron chi connectivity index (χ2n) is 8.17. The van der Waals surface area contributed by atoms with E-state index in [4.69, 9.17) is 0 Å². The molecule has 0 bridgehead atoms. The summed E-state index contributed by atoms with van der Waals surface area (Å²) in [5.74, 6) is -0.983. The first-order chi connectivity index (χ1) is 16.0. The largest absolute Gasteiger partial charge is 0.355 e. The Kier molecular flexibility index (Phi) is 6.54. The van der Waals surface area contributed by atoms with Crippen molar-refractivity contribution in [1.82, 2.24) is 10.6 Å². The Morgan fingerprint density at radius 1 is 0.879 bits per heavy atom. The lowest BCUT2D eigenvalue weighted by atomic mass is 9.62. The van der Waals surface area contributed by atoms with Gasteiger partial charge in [-0.15, -0.1) is 0 Å². The van der Waals surface area contributed by atoms with Crippen LogP contribution >= 0.6 is 0 Å². The number of benzene rings is 3. The van der Waals surface area contributed by atoms with Crippen LogP contribution in [0.3, 0.4) is 0 Å². The first kappa shape index (κ1) is 22.3. The normalized spacial score (nSPS) is 21.1. The van der Waals surface area contributed by atoms with Crippen molar-refractivity contribution in [3.63, 3.8) is 0 Å². The molecule has 1 fully saturated rings. The molecule has 1 saturated heterocycles. The van der Waals surface area contributed by atoms with Gasteiger partial charge in [0.05, 0.1) is 0 Å². The minimum Gasteiger partial charge on any atom is -0.355 e. The van der Waals surface area contributed by atoms with Crippen LogP contribution in [0, 0.1) is 0 Å². The smallest absolute Gasteiger partial charge is 0.235 e. The molecule has 1 heterocycles. The van der Waals surface area contributed by atoms with Crippen LogP contribution in [0.5, 0.6) is 0 Å². The van der Waals surface area contributed by atoms with Crippen molar-refractivity contribution >= 4 is 23.4 Å². The first-order valence-electron chi connectivity index (χ1n) is 11.1. The molecule has 33 heavy (non-hydrogen) atoms. The van der Waals surface area contributed by atoms with Crippen LogP contribution in [-0.2, 0) is 19.8 Å². The van der Waals surface area contributed by atoms with Gasteiger partial charge < -0.3 is 16.0 Å². The third-order valence-corrected chi connectivity index (χ3v) is 6.12. The second kappa shape index (κ2) is 9.69. The van der Waals surface area contributed by atoms with Gasteiger partial charge in [0, 0.05) is 38.0 Å². The van der Waals surface area contributed by atoms with Gasteiger partial charge >= 0.3 is 0 Å². The van der Waals surface area contributed by atoms with E-state index in [1.165, 1.54) is 6.92 Å².